The minimum absolute atomic E-state index is 0.0300. The summed E-state index contributed by atoms with van der Waals surface area (Å²) >= 11 is 1.41. The highest BCUT2D eigenvalue weighted by atomic mass is 32.2. The molecule has 2 heterocycles. The predicted molar refractivity (Wildman–Crippen MR) is 94.4 cm³/mol. The van der Waals surface area contributed by atoms with Crippen molar-refractivity contribution in [1.82, 2.24) is 4.31 Å². The number of rotatable bonds is 5. The molecule has 1 N–H and O–H groups in total. The lowest BCUT2D eigenvalue weighted by molar-refractivity contribution is -0.142. The second-order valence-corrected chi connectivity index (χ2v) is 8.46. The van der Waals surface area contributed by atoms with Crippen LogP contribution >= 0.6 is 11.3 Å². The van der Waals surface area contributed by atoms with Crippen LogP contribution in [0.15, 0.2) is 53.3 Å². The van der Waals surface area contributed by atoms with Crippen LogP contribution in [0.2, 0.25) is 0 Å². The lowest BCUT2D eigenvalue weighted by Crippen LogP contribution is -2.50. The lowest BCUT2D eigenvalue weighted by atomic mass is 9.89. The summed E-state index contributed by atoms with van der Waals surface area (Å²) in [7, 11) is -2.50. The van der Waals surface area contributed by atoms with Gasteiger partial charge in [0.05, 0.1) is 12.0 Å². The summed E-state index contributed by atoms with van der Waals surface area (Å²) in [6, 6.07) is 6.51. The number of nitrogens with zero attached hydrogens (tertiary/aromatic N) is 1. The van der Waals surface area contributed by atoms with Gasteiger partial charge in [-0.3, -0.25) is 4.79 Å². The van der Waals surface area contributed by atoms with Gasteiger partial charge in [0, 0.05) is 17.3 Å². The summed E-state index contributed by atoms with van der Waals surface area (Å²) < 4.78 is 32.3. The van der Waals surface area contributed by atoms with E-state index < -0.39 is 28.0 Å². The second kappa shape index (κ2) is 6.62. The van der Waals surface area contributed by atoms with E-state index in [0.717, 1.165) is 14.7 Å². The fourth-order valence-corrected chi connectivity index (χ4v) is 5.60. The molecule has 2 aromatic rings. The van der Waals surface area contributed by atoms with Crippen molar-refractivity contribution >= 4 is 27.3 Å². The van der Waals surface area contributed by atoms with E-state index in [4.69, 9.17) is 4.74 Å². The Morgan fingerprint density at radius 3 is 2.60 bits per heavy atom. The van der Waals surface area contributed by atoms with E-state index in [1.807, 2.05) is 11.4 Å². The summed E-state index contributed by atoms with van der Waals surface area (Å²) in [5.74, 6) is -1.27. The Morgan fingerprint density at radius 1 is 1.36 bits per heavy atom. The van der Waals surface area contributed by atoms with Crippen molar-refractivity contribution in [2.45, 2.75) is 23.4 Å². The van der Waals surface area contributed by atoms with Crippen LogP contribution in [0, 0.1) is 0 Å². The number of ether oxygens (including phenoxy) is 1. The molecule has 1 aromatic carbocycles. The number of methoxy groups -OCH3 is 1. The molecule has 2 atom stereocenters. The highest BCUT2D eigenvalue weighted by molar-refractivity contribution is 7.89. The Morgan fingerprint density at radius 2 is 2.04 bits per heavy atom. The number of hydrogen-bond donors (Lipinski definition) is 1. The largest absolute Gasteiger partial charge is 0.497 e. The third-order valence-electron chi connectivity index (χ3n) is 4.26. The van der Waals surface area contributed by atoms with Crippen LogP contribution in [0.4, 0.5) is 0 Å². The smallest absolute Gasteiger partial charge is 0.323 e. The summed E-state index contributed by atoms with van der Waals surface area (Å²) in [5.41, 5.74) is 0.827. The molecule has 132 valence electrons. The number of thiophene rings is 1. The number of carbonyl (C=O) groups is 1. The molecule has 0 spiro atoms. The maximum absolute atomic E-state index is 13.1. The molecule has 0 unspecified atom stereocenters. The van der Waals surface area contributed by atoms with Gasteiger partial charge in [0.15, 0.2) is 0 Å². The molecule has 0 radical (unpaired) electrons. The number of sulfonamides is 1. The Hall–Kier alpha value is -2.16. The van der Waals surface area contributed by atoms with Gasteiger partial charge >= 0.3 is 5.97 Å². The lowest BCUT2D eigenvalue weighted by Gasteiger charge is -2.36. The standard InChI is InChI=1S/C17H17NO5S2/c1-3-13-14-8-9-24-15(14)10-18(16(13)17(19)20)25(21,22)12-6-4-11(23-2)5-7-12/h3-9,13,16H,1,10H2,2H3,(H,19,20)/t13-,16-/m1/s1. The molecule has 0 saturated carbocycles. The third kappa shape index (κ3) is 2.97. The quantitative estimate of drug-likeness (QED) is 0.808. The molecule has 0 saturated heterocycles. The van der Waals surface area contributed by atoms with E-state index in [2.05, 4.69) is 6.58 Å². The number of hydrogen-bond acceptors (Lipinski definition) is 5. The van der Waals surface area contributed by atoms with E-state index >= 15 is 0 Å². The zero-order valence-electron chi connectivity index (χ0n) is 13.5. The average Bonchev–Trinajstić information content (AvgIpc) is 3.08. The molecule has 0 amide bonds. The molecule has 8 heteroatoms. The molecular weight excluding hydrogens is 362 g/mol. The Labute approximate surface area is 150 Å². The normalized spacial score (nSPS) is 20.7. The molecule has 3 rings (SSSR count). The minimum atomic E-state index is -3.99. The number of carboxylic acid groups (broad SMARTS) is 1. The molecule has 1 aromatic heterocycles. The second-order valence-electron chi connectivity index (χ2n) is 5.57. The monoisotopic (exact) mass is 379 g/mol. The van der Waals surface area contributed by atoms with Crippen molar-refractivity contribution < 1.29 is 23.1 Å². The van der Waals surface area contributed by atoms with Gasteiger partial charge in [-0.05, 0) is 41.3 Å². The molecule has 25 heavy (non-hydrogen) atoms. The Kier molecular flexibility index (Phi) is 4.68. The van der Waals surface area contributed by atoms with Crippen molar-refractivity contribution in [2.24, 2.45) is 0 Å². The first kappa shape index (κ1) is 17.7. The zero-order valence-corrected chi connectivity index (χ0v) is 15.1. The minimum Gasteiger partial charge on any atom is -0.497 e. The molecule has 0 fully saturated rings. The van der Waals surface area contributed by atoms with Crippen molar-refractivity contribution in [1.29, 1.82) is 0 Å². The first-order valence-corrected chi connectivity index (χ1v) is 9.79. The van der Waals surface area contributed by atoms with Gasteiger partial charge in [-0.2, -0.15) is 4.31 Å². The van der Waals surface area contributed by atoms with Crippen LogP contribution in [0.1, 0.15) is 16.4 Å². The molecule has 0 bridgehead atoms. The topological polar surface area (TPSA) is 83.9 Å². The van der Waals surface area contributed by atoms with Gasteiger partial charge in [0.2, 0.25) is 10.0 Å². The van der Waals surface area contributed by atoms with Crippen LogP contribution in [0.25, 0.3) is 0 Å². The SMILES string of the molecule is C=C[C@@H]1c2ccsc2CN(S(=O)(=O)c2ccc(OC)cc2)[C@H]1C(=O)O. The van der Waals surface area contributed by atoms with Crippen molar-refractivity contribution in [3.05, 3.63) is 58.8 Å². The highest BCUT2D eigenvalue weighted by Crippen LogP contribution is 2.40. The van der Waals surface area contributed by atoms with Gasteiger partial charge in [-0.1, -0.05) is 6.08 Å². The Balaban J connectivity index is 2.09. The molecule has 1 aliphatic heterocycles. The van der Waals surface area contributed by atoms with Crippen LogP contribution in [0.3, 0.4) is 0 Å². The summed E-state index contributed by atoms with van der Waals surface area (Å²) in [4.78, 5) is 12.7. The third-order valence-corrected chi connectivity index (χ3v) is 7.02. The number of benzene rings is 1. The predicted octanol–water partition coefficient (Wildman–Crippen LogP) is 2.68. The molecular formula is C17H17NO5S2. The van der Waals surface area contributed by atoms with Crippen LogP contribution in [-0.4, -0.2) is 37.0 Å². The van der Waals surface area contributed by atoms with Gasteiger partial charge in [0.25, 0.3) is 0 Å². The summed E-state index contributed by atoms with van der Waals surface area (Å²) in [6.07, 6.45) is 1.50. The molecule has 6 nitrogen and oxygen atoms in total. The maximum atomic E-state index is 13.1. The zero-order chi connectivity index (χ0) is 18.2. The highest BCUT2D eigenvalue weighted by Gasteiger charge is 2.45. The van der Waals surface area contributed by atoms with Crippen molar-refractivity contribution in [2.75, 3.05) is 7.11 Å². The Bertz CT molecular complexity index is 901. The van der Waals surface area contributed by atoms with E-state index in [-0.39, 0.29) is 11.4 Å². The van der Waals surface area contributed by atoms with Crippen LogP contribution < -0.4 is 4.74 Å². The van der Waals surface area contributed by atoms with E-state index in [1.54, 1.807) is 0 Å². The van der Waals surface area contributed by atoms with Gasteiger partial charge in [0.1, 0.15) is 11.8 Å². The number of fused-ring (bicyclic) bond motifs is 1. The van der Waals surface area contributed by atoms with Crippen molar-refractivity contribution in [3.8, 4) is 5.75 Å². The first-order chi connectivity index (χ1) is 11.9. The van der Waals surface area contributed by atoms with Crippen LogP contribution in [-0.2, 0) is 21.4 Å². The van der Waals surface area contributed by atoms with E-state index in [1.165, 1.54) is 48.8 Å². The maximum Gasteiger partial charge on any atom is 0.323 e. The average molecular weight is 379 g/mol. The fourth-order valence-electron chi connectivity index (χ4n) is 3.02. The number of carboxylic acids is 1. The van der Waals surface area contributed by atoms with E-state index in [0.29, 0.717) is 5.75 Å². The van der Waals surface area contributed by atoms with Gasteiger partial charge in [-0.25, -0.2) is 8.42 Å². The molecule has 0 aliphatic carbocycles. The summed E-state index contributed by atoms with van der Waals surface area (Å²) in [6.45, 7) is 3.74. The van der Waals surface area contributed by atoms with Crippen LogP contribution in [0.5, 0.6) is 5.75 Å². The van der Waals surface area contributed by atoms with E-state index in [9.17, 15) is 18.3 Å². The molecule has 1 aliphatic rings. The fraction of sp³-hybridized carbons (Fsp3) is 0.235. The van der Waals surface area contributed by atoms with Crippen molar-refractivity contribution in [3.63, 3.8) is 0 Å². The van der Waals surface area contributed by atoms with Gasteiger partial charge < -0.3 is 9.84 Å². The summed E-state index contributed by atoms with van der Waals surface area (Å²) in [5, 5.41) is 11.5. The number of aliphatic carboxylic acids is 1. The van der Waals surface area contributed by atoms with Gasteiger partial charge in [-0.15, -0.1) is 17.9 Å². The first-order valence-electron chi connectivity index (χ1n) is 7.47.